The molecule has 21 heteroatoms. The van der Waals surface area contributed by atoms with Crippen LogP contribution in [0.25, 0.3) is 0 Å². The summed E-state index contributed by atoms with van der Waals surface area (Å²) in [4.78, 5) is 51.8. The van der Waals surface area contributed by atoms with E-state index in [1.807, 2.05) is 11.8 Å². The number of carbonyl (C=O) groups excluding carboxylic acids is 4. The number of hydrogen-bond acceptors (Lipinski definition) is 16. The number of fused-ring (bicyclic) bond motifs is 1. The zero-order valence-electron chi connectivity index (χ0n) is 32.0. The average Bonchev–Trinajstić information content (AvgIpc) is 3.73. The predicted octanol–water partition coefficient (Wildman–Crippen LogP) is 0.229. The molecule has 320 valence electrons. The Bertz CT molecular complexity index is 1020. The van der Waals surface area contributed by atoms with Crippen LogP contribution in [-0.4, -0.2) is 177 Å². The van der Waals surface area contributed by atoms with E-state index in [0.29, 0.717) is 143 Å². The fourth-order valence-electron chi connectivity index (χ4n) is 5.12. The highest BCUT2D eigenvalue weighted by Crippen LogP contribution is 2.33. The van der Waals surface area contributed by atoms with Crippen LogP contribution < -0.4 is 32.5 Å². The van der Waals surface area contributed by atoms with Gasteiger partial charge in [0.05, 0.1) is 111 Å². The third-order valence-electron chi connectivity index (χ3n) is 7.90. The van der Waals surface area contributed by atoms with Gasteiger partial charge in [0.15, 0.2) is 0 Å². The van der Waals surface area contributed by atoms with Gasteiger partial charge in [-0.3, -0.25) is 14.4 Å². The molecular weight excluding hydrogens is 781 g/mol. The van der Waals surface area contributed by atoms with Crippen molar-refractivity contribution in [3.8, 4) is 0 Å². The van der Waals surface area contributed by atoms with Gasteiger partial charge in [-0.05, 0) is 12.8 Å². The Hall–Kier alpha value is -1.63. The van der Waals surface area contributed by atoms with Crippen LogP contribution in [0, 0.1) is 0 Å². The monoisotopic (exact) mass is 844 g/mol. The molecule has 3 atom stereocenters. The minimum Gasteiger partial charge on any atom is -0.379 e. The maximum Gasteiger partial charge on any atom is 0.315 e. The third-order valence-corrected chi connectivity index (χ3v) is 11.8. The van der Waals surface area contributed by atoms with Gasteiger partial charge in [0, 0.05) is 61.4 Å². The Balaban J connectivity index is 1.20. The Kier molecular flexibility index (Phi) is 32.0. The number of carbonyl (C=O) groups is 4. The zero-order chi connectivity index (χ0) is 39.4. The number of hydrogen-bond donors (Lipinski definition) is 6. The van der Waals surface area contributed by atoms with Gasteiger partial charge in [0.2, 0.25) is 17.7 Å². The van der Waals surface area contributed by atoms with Crippen molar-refractivity contribution in [1.82, 2.24) is 26.6 Å². The third kappa shape index (κ3) is 28.4. The Labute approximate surface area is 337 Å². The molecule has 2 fully saturated rings. The van der Waals surface area contributed by atoms with Crippen LogP contribution in [0.3, 0.4) is 0 Å². The summed E-state index contributed by atoms with van der Waals surface area (Å²) in [6, 6.07) is 0.382. The van der Waals surface area contributed by atoms with Gasteiger partial charge in [0.25, 0.3) is 0 Å². The van der Waals surface area contributed by atoms with Crippen LogP contribution >= 0.6 is 33.3 Å². The molecule has 0 unspecified atom stereocenters. The number of unbranched alkanes of at least 4 members (excludes halogenated alkanes) is 1. The lowest BCUT2D eigenvalue weighted by Crippen LogP contribution is -2.36. The number of ether oxygens (including phenoxy) is 7. The lowest BCUT2D eigenvalue weighted by molar-refractivity contribution is -0.122. The van der Waals surface area contributed by atoms with Gasteiger partial charge in [-0.15, -0.1) is 0 Å². The molecule has 5 amide bonds. The topological polar surface area (TPSA) is 228 Å². The molecule has 0 bridgehead atoms. The van der Waals surface area contributed by atoms with Crippen LogP contribution in [0.15, 0.2) is 0 Å². The minimum atomic E-state index is -0.0679. The van der Waals surface area contributed by atoms with E-state index in [2.05, 4.69) is 31.4 Å². The zero-order valence-corrected chi connectivity index (χ0v) is 34.5. The van der Waals surface area contributed by atoms with E-state index >= 15 is 0 Å². The number of thioether (sulfide) groups is 1. The van der Waals surface area contributed by atoms with Crippen molar-refractivity contribution in [3.05, 3.63) is 0 Å². The summed E-state index contributed by atoms with van der Waals surface area (Å²) in [7, 11) is 3.21. The SMILES string of the molecule is NOCCOCCOCCOCCNC(=O)CCSSCCNC(=O)CCOCCOCCOCCOCCNC(=O)CCCC[C@@H]1SC[C@H]2NC(=O)N[C@@H]12. The molecule has 0 saturated carbocycles. The molecule has 2 saturated heterocycles. The molecule has 0 radical (unpaired) electrons. The lowest BCUT2D eigenvalue weighted by atomic mass is 10.0. The standard InChI is InChI=1S/C34H64N6O12S3/c35-52-24-23-51-22-21-50-18-15-47-12-8-37-32(43)6-25-54-55-26-9-38-31(42)5-10-45-13-16-48-19-20-49-17-14-46-11-7-36-30(41)4-2-1-3-29-33-28(27-53-29)39-34(44)40-33/h28-29,33H,1-27,35H2,(H,36,41)(H,37,43)(H,38,42)(H2,39,40,44)/t28-,29+,33-/m1/s1. The molecule has 0 aromatic rings. The van der Waals surface area contributed by atoms with E-state index in [4.69, 9.17) is 39.1 Å². The molecule has 0 aromatic carbocycles. The predicted molar refractivity (Wildman–Crippen MR) is 213 cm³/mol. The molecule has 0 aromatic heterocycles. The first-order valence-electron chi connectivity index (χ1n) is 19.1. The highest BCUT2D eigenvalue weighted by molar-refractivity contribution is 8.76. The van der Waals surface area contributed by atoms with Gasteiger partial charge in [-0.25, -0.2) is 10.7 Å². The number of nitrogens with two attached hydrogens (primary N) is 1. The average molecular weight is 845 g/mol. The Morgan fingerprint density at radius 2 is 1.09 bits per heavy atom. The van der Waals surface area contributed by atoms with E-state index in [1.165, 1.54) is 0 Å². The molecular formula is C34H64N6O12S3. The summed E-state index contributed by atoms with van der Waals surface area (Å²) < 4.78 is 37.9. The molecule has 18 nitrogen and oxygen atoms in total. The molecule has 55 heavy (non-hydrogen) atoms. The molecule has 2 aliphatic rings. The number of urea groups is 1. The summed E-state index contributed by atoms with van der Waals surface area (Å²) in [5, 5.41) is 14.9. The second kappa shape index (κ2) is 35.5. The van der Waals surface area contributed by atoms with Crippen molar-refractivity contribution in [2.45, 2.75) is 55.9 Å². The van der Waals surface area contributed by atoms with Crippen molar-refractivity contribution in [3.63, 3.8) is 0 Å². The maximum absolute atomic E-state index is 12.0. The molecule has 0 aliphatic carbocycles. The number of amides is 5. The summed E-state index contributed by atoms with van der Waals surface area (Å²) in [5.41, 5.74) is 0. The van der Waals surface area contributed by atoms with E-state index in [1.54, 1.807) is 21.6 Å². The van der Waals surface area contributed by atoms with Gasteiger partial charge in [-0.2, -0.15) is 11.8 Å². The summed E-state index contributed by atoms with van der Waals surface area (Å²) in [5.74, 6) is 7.22. The first-order valence-corrected chi connectivity index (χ1v) is 22.6. The normalized spacial score (nSPS) is 17.5. The van der Waals surface area contributed by atoms with Crippen molar-refractivity contribution < 1.29 is 57.2 Å². The second-order valence-electron chi connectivity index (χ2n) is 12.2. The van der Waals surface area contributed by atoms with Gasteiger partial charge in [-0.1, -0.05) is 28.0 Å². The number of rotatable bonds is 39. The van der Waals surface area contributed by atoms with Gasteiger partial charge in [0.1, 0.15) is 0 Å². The fourth-order valence-corrected chi connectivity index (χ4v) is 8.56. The van der Waals surface area contributed by atoms with Gasteiger partial charge < -0.3 is 64.6 Å². The highest BCUT2D eigenvalue weighted by Gasteiger charge is 2.42. The smallest absolute Gasteiger partial charge is 0.315 e. The van der Waals surface area contributed by atoms with E-state index in [0.717, 1.165) is 30.8 Å². The molecule has 0 spiro atoms. The van der Waals surface area contributed by atoms with Crippen LogP contribution in [0.4, 0.5) is 4.79 Å². The van der Waals surface area contributed by atoms with Crippen molar-refractivity contribution in [2.75, 3.05) is 136 Å². The number of nitrogens with one attached hydrogen (secondary N) is 5. The van der Waals surface area contributed by atoms with E-state index < -0.39 is 0 Å². The van der Waals surface area contributed by atoms with Crippen LogP contribution in [0.1, 0.15) is 38.5 Å². The van der Waals surface area contributed by atoms with Crippen LogP contribution in [0.2, 0.25) is 0 Å². The summed E-state index contributed by atoms with van der Waals surface area (Å²) >= 11 is 1.89. The van der Waals surface area contributed by atoms with Crippen molar-refractivity contribution in [2.24, 2.45) is 5.90 Å². The maximum atomic E-state index is 12.0. The lowest BCUT2D eigenvalue weighted by Gasteiger charge is -2.16. The van der Waals surface area contributed by atoms with E-state index in [-0.39, 0.29) is 42.3 Å². The second-order valence-corrected chi connectivity index (χ2v) is 16.2. The fraction of sp³-hybridized carbons (Fsp3) is 0.882. The van der Waals surface area contributed by atoms with Gasteiger partial charge >= 0.3 is 6.03 Å². The molecule has 2 rings (SSSR count). The molecule has 2 aliphatic heterocycles. The Morgan fingerprint density at radius 3 is 1.69 bits per heavy atom. The van der Waals surface area contributed by atoms with E-state index in [9.17, 15) is 19.2 Å². The van der Waals surface area contributed by atoms with Crippen molar-refractivity contribution >= 4 is 57.1 Å². The van der Waals surface area contributed by atoms with Crippen LogP contribution in [-0.2, 0) is 52.4 Å². The largest absolute Gasteiger partial charge is 0.379 e. The molecule has 7 N–H and O–H groups in total. The Morgan fingerprint density at radius 1 is 0.600 bits per heavy atom. The molecule has 2 heterocycles. The van der Waals surface area contributed by atoms with Crippen LogP contribution in [0.5, 0.6) is 0 Å². The quantitative estimate of drug-likeness (QED) is 0.0211. The van der Waals surface area contributed by atoms with Crippen molar-refractivity contribution in [1.29, 1.82) is 0 Å². The first-order chi connectivity index (χ1) is 27.0. The first kappa shape index (κ1) is 49.5. The highest BCUT2D eigenvalue weighted by atomic mass is 33.1. The minimum absolute atomic E-state index is 0.0209. The summed E-state index contributed by atoms with van der Waals surface area (Å²) in [6.07, 6.45) is 3.99. The summed E-state index contributed by atoms with van der Waals surface area (Å²) in [6.45, 7) is 7.81.